The van der Waals surface area contributed by atoms with Crippen LogP contribution in [0.3, 0.4) is 0 Å². The van der Waals surface area contributed by atoms with Crippen LogP contribution in [0.25, 0.3) is 0 Å². The van der Waals surface area contributed by atoms with Gasteiger partial charge in [-0.1, -0.05) is 29.8 Å². The minimum Gasteiger partial charge on any atom is -0.487 e. The number of hydrogen-bond donors (Lipinski definition) is 2. The van der Waals surface area contributed by atoms with Gasteiger partial charge in [0.25, 0.3) is 0 Å². The third kappa shape index (κ3) is 3.17. The van der Waals surface area contributed by atoms with Crippen molar-refractivity contribution in [3.8, 4) is 5.75 Å². The molecule has 98 valence electrons. The topological polar surface area (TPSA) is 72.5 Å². The maximum Gasteiger partial charge on any atom is 0.337 e. The molecule has 0 fully saturated rings. The van der Waals surface area contributed by atoms with Crippen LogP contribution in [0, 0.1) is 0 Å². The Balaban J connectivity index is 2.16. The highest BCUT2D eigenvalue weighted by molar-refractivity contribution is 6.30. The van der Waals surface area contributed by atoms with E-state index in [0.717, 1.165) is 5.56 Å². The molecule has 19 heavy (non-hydrogen) atoms. The molecule has 5 heteroatoms. The second-order valence-electron chi connectivity index (χ2n) is 3.94. The van der Waals surface area contributed by atoms with Gasteiger partial charge in [0.2, 0.25) is 0 Å². The molecule has 4 nitrogen and oxygen atoms in total. The molecule has 0 amide bonds. The van der Waals surface area contributed by atoms with Gasteiger partial charge < -0.3 is 15.6 Å². The Hall–Kier alpha value is -2.20. The number of carbonyl (C=O) groups is 1. The van der Waals surface area contributed by atoms with Crippen molar-refractivity contribution in [2.24, 2.45) is 0 Å². The second-order valence-corrected chi connectivity index (χ2v) is 4.38. The molecule has 0 bridgehead atoms. The van der Waals surface area contributed by atoms with E-state index in [1.54, 1.807) is 24.3 Å². The van der Waals surface area contributed by atoms with E-state index in [1.165, 1.54) is 6.07 Å². The quantitative estimate of drug-likeness (QED) is 0.842. The lowest BCUT2D eigenvalue weighted by molar-refractivity contribution is 0.0697. The van der Waals surface area contributed by atoms with Crippen molar-refractivity contribution in [1.82, 2.24) is 0 Å². The molecule has 0 aliphatic heterocycles. The van der Waals surface area contributed by atoms with Crippen LogP contribution < -0.4 is 10.5 Å². The van der Waals surface area contributed by atoms with Crippen molar-refractivity contribution in [2.45, 2.75) is 6.61 Å². The number of hydrogen-bond acceptors (Lipinski definition) is 3. The third-order valence-corrected chi connectivity index (χ3v) is 2.81. The number of aromatic carboxylic acids is 1. The largest absolute Gasteiger partial charge is 0.487 e. The fourth-order valence-corrected chi connectivity index (χ4v) is 1.86. The molecule has 0 aliphatic carbocycles. The van der Waals surface area contributed by atoms with E-state index < -0.39 is 5.97 Å². The number of anilines is 1. The molecule has 0 saturated carbocycles. The highest BCUT2D eigenvalue weighted by atomic mass is 35.5. The Morgan fingerprint density at radius 2 is 2.00 bits per heavy atom. The molecule has 0 unspecified atom stereocenters. The van der Waals surface area contributed by atoms with E-state index in [2.05, 4.69) is 0 Å². The zero-order valence-corrected chi connectivity index (χ0v) is 10.7. The number of rotatable bonds is 4. The van der Waals surface area contributed by atoms with Crippen LogP contribution in [0.15, 0.2) is 42.5 Å². The summed E-state index contributed by atoms with van der Waals surface area (Å²) in [4.78, 5) is 10.9. The smallest absolute Gasteiger partial charge is 0.337 e. The number of nitrogens with two attached hydrogens (primary N) is 1. The summed E-state index contributed by atoms with van der Waals surface area (Å²) < 4.78 is 5.52. The Morgan fingerprint density at radius 1 is 1.26 bits per heavy atom. The number of ether oxygens (including phenoxy) is 1. The summed E-state index contributed by atoms with van der Waals surface area (Å²) in [6, 6.07) is 11.9. The molecular formula is C14H12ClNO3. The predicted octanol–water partition coefficient (Wildman–Crippen LogP) is 3.20. The fourth-order valence-electron chi connectivity index (χ4n) is 1.64. The van der Waals surface area contributed by atoms with Crippen LogP contribution in [-0.4, -0.2) is 11.1 Å². The number of halogens is 1. The van der Waals surface area contributed by atoms with Crippen molar-refractivity contribution in [2.75, 3.05) is 5.73 Å². The van der Waals surface area contributed by atoms with Crippen molar-refractivity contribution >= 4 is 23.3 Å². The average molecular weight is 278 g/mol. The maximum absolute atomic E-state index is 10.9. The lowest BCUT2D eigenvalue weighted by Crippen LogP contribution is -2.05. The maximum atomic E-state index is 10.9. The molecule has 0 aliphatic rings. The Bertz CT molecular complexity index is 613. The molecular weight excluding hydrogens is 266 g/mol. The van der Waals surface area contributed by atoms with Crippen LogP contribution in [-0.2, 0) is 6.61 Å². The van der Waals surface area contributed by atoms with Gasteiger partial charge >= 0.3 is 5.97 Å². The summed E-state index contributed by atoms with van der Waals surface area (Å²) >= 11 is 5.87. The lowest BCUT2D eigenvalue weighted by Gasteiger charge is -2.10. The molecule has 0 radical (unpaired) electrons. The number of carboxylic acids is 1. The summed E-state index contributed by atoms with van der Waals surface area (Å²) in [5, 5.41) is 9.58. The monoisotopic (exact) mass is 277 g/mol. The lowest BCUT2D eigenvalue weighted by atomic mass is 10.1. The van der Waals surface area contributed by atoms with Crippen LogP contribution in [0.5, 0.6) is 5.75 Å². The van der Waals surface area contributed by atoms with Gasteiger partial charge in [0.1, 0.15) is 12.4 Å². The standard InChI is InChI=1S/C14H12ClNO3/c15-10-4-1-3-9(7-10)8-19-12-6-2-5-11(13(12)16)14(17)18/h1-7H,8,16H2,(H,17,18). The number of benzene rings is 2. The minimum atomic E-state index is -1.08. The normalized spacial score (nSPS) is 10.2. The molecule has 3 N–H and O–H groups in total. The molecule has 2 aromatic carbocycles. The highest BCUT2D eigenvalue weighted by Crippen LogP contribution is 2.26. The van der Waals surface area contributed by atoms with Gasteiger partial charge in [-0.15, -0.1) is 0 Å². The number of nitrogen functional groups attached to an aromatic ring is 1. The Kier molecular flexibility index (Phi) is 3.92. The van der Waals surface area contributed by atoms with Crippen molar-refractivity contribution in [3.63, 3.8) is 0 Å². The van der Waals surface area contributed by atoms with Crippen molar-refractivity contribution < 1.29 is 14.6 Å². The van der Waals surface area contributed by atoms with Crippen molar-refractivity contribution in [3.05, 3.63) is 58.6 Å². The minimum absolute atomic E-state index is 0.0311. The first-order valence-electron chi connectivity index (χ1n) is 5.57. The zero-order valence-electron chi connectivity index (χ0n) is 9.97. The highest BCUT2D eigenvalue weighted by Gasteiger charge is 2.11. The van der Waals surface area contributed by atoms with Gasteiger partial charge in [-0.3, -0.25) is 0 Å². The van der Waals surface area contributed by atoms with Gasteiger partial charge in [-0.2, -0.15) is 0 Å². The molecule has 0 saturated heterocycles. The first-order valence-corrected chi connectivity index (χ1v) is 5.95. The van der Waals surface area contributed by atoms with Gasteiger partial charge in [0.15, 0.2) is 0 Å². The number of para-hydroxylation sites is 1. The van der Waals surface area contributed by atoms with Gasteiger partial charge in [0, 0.05) is 5.02 Å². The van der Waals surface area contributed by atoms with Gasteiger partial charge in [-0.25, -0.2) is 4.79 Å². The molecule has 0 spiro atoms. The summed E-state index contributed by atoms with van der Waals surface area (Å²) in [6.07, 6.45) is 0. The average Bonchev–Trinajstić information content (AvgIpc) is 2.37. The SMILES string of the molecule is Nc1c(OCc2cccc(Cl)c2)cccc1C(=O)O. The zero-order chi connectivity index (χ0) is 13.8. The summed E-state index contributed by atoms with van der Waals surface area (Å²) in [6.45, 7) is 0.272. The van der Waals surface area contributed by atoms with Crippen LogP contribution in [0.1, 0.15) is 15.9 Å². The van der Waals surface area contributed by atoms with Gasteiger partial charge in [-0.05, 0) is 29.8 Å². The third-order valence-electron chi connectivity index (χ3n) is 2.58. The molecule has 0 heterocycles. The molecule has 0 atom stereocenters. The molecule has 2 aromatic rings. The van der Waals surface area contributed by atoms with E-state index in [-0.39, 0.29) is 17.9 Å². The first kappa shape index (κ1) is 13.2. The van der Waals surface area contributed by atoms with Gasteiger partial charge in [0.05, 0.1) is 11.3 Å². The number of carboxylic acid groups (broad SMARTS) is 1. The Morgan fingerprint density at radius 3 is 2.68 bits per heavy atom. The van der Waals surface area contributed by atoms with E-state index in [9.17, 15) is 4.79 Å². The van der Waals surface area contributed by atoms with Crippen LogP contribution in [0.2, 0.25) is 5.02 Å². The molecule has 0 aromatic heterocycles. The second kappa shape index (κ2) is 5.63. The van der Waals surface area contributed by atoms with E-state index in [0.29, 0.717) is 10.8 Å². The molecule has 2 rings (SSSR count). The van der Waals surface area contributed by atoms with Crippen LogP contribution in [0.4, 0.5) is 5.69 Å². The summed E-state index contributed by atoms with van der Waals surface area (Å²) in [5.41, 5.74) is 6.78. The van der Waals surface area contributed by atoms with Crippen molar-refractivity contribution in [1.29, 1.82) is 0 Å². The van der Waals surface area contributed by atoms with E-state index in [1.807, 2.05) is 12.1 Å². The predicted molar refractivity (Wildman–Crippen MR) is 73.6 cm³/mol. The summed E-state index contributed by atoms with van der Waals surface area (Å²) in [5.74, 6) is -0.731. The van der Waals surface area contributed by atoms with E-state index in [4.69, 9.17) is 27.2 Å². The first-order chi connectivity index (χ1) is 9.08. The Labute approximate surface area is 115 Å². The van der Waals surface area contributed by atoms with E-state index >= 15 is 0 Å². The fraction of sp³-hybridized carbons (Fsp3) is 0.0714. The summed E-state index contributed by atoms with van der Waals surface area (Å²) in [7, 11) is 0. The van der Waals surface area contributed by atoms with Crippen LogP contribution >= 0.6 is 11.6 Å².